The summed E-state index contributed by atoms with van der Waals surface area (Å²) in [5.41, 5.74) is -2.11. The largest absolute Gasteiger partial charge is 0.436 e. The Morgan fingerprint density at radius 1 is 1.12 bits per heavy atom. The van der Waals surface area contributed by atoms with Crippen LogP contribution in [-0.4, -0.2) is 26.3 Å². The van der Waals surface area contributed by atoms with Crippen LogP contribution in [0.4, 0.5) is 27.6 Å². The molecule has 3 aromatic rings. The number of halogens is 5. The van der Waals surface area contributed by atoms with Crippen molar-refractivity contribution in [2.45, 2.75) is 24.9 Å². The molecule has 1 atom stereocenters. The van der Waals surface area contributed by atoms with Crippen LogP contribution in [0.15, 0.2) is 41.4 Å². The molecule has 33 heavy (non-hydrogen) atoms. The Labute approximate surface area is 187 Å². The molecule has 12 heteroatoms. The molecule has 0 saturated carbocycles. The van der Waals surface area contributed by atoms with Gasteiger partial charge in [-0.2, -0.15) is 17.6 Å². The molecule has 6 nitrogen and oxygen atoms in total. The monoisotopic (exact) mass is 485 g/mol. The van der Waals surface area contributed by atoms with Crippen molar-refractivity contribution in [3.8, 4) is 11.6 Å². The van der Waals surface area contributed by atoms with Gasteiger partial charge in [0.05, 0.1) is 27.0 Å². The van der Waals surface area contributed by atoms with Gasteiger partial charge < -0.3 is 10.1 Å². The summed E-state index contributed by atoms with van der Waals surface area (Å²) in [7, 11) is -1.72. The highest BCUT2D eigenvalue weighted by Gasteiger charge is 2.36. The molecule has 0 aliphatic rings. The van der Waals surface area contributed by atoms with E-state index in [0.717, 1.165) is 31.2 Å². The molecular formula is C21H16F5N3O3S. The molecule has 0 aliphatic heterocycles. The van der Waals surface area contributed by atoms with Crippen LogP contribution in [0.2, 0.25) is 0 Å². The van der Waals surface area contributed by atoms with E-state index in [-0.39, 0.29) is 22.0 Å². The van der Waals surface area contributed by atoms with Crippen molar-refractivity contribution in [3.63, 3.8) is 0 Å². The summed E-state index contributed by atoms with van der Waals surface area (Å²) in [6.07, 6.45) is -3.06. The van der Waals surface area contributed by atoms with Crippen molar-refractivity contribution in [3.05, 3.63) is 70.7 Å². The van der Waals surface area contributed by atoms with Gasteiger partial charge in [-0.1, -0.05) is 0 Å². The molecule has 0 radical (unpaired) electrons. The molecule has 1 unspecified atom stereocenters. The van der Waals surface area contributed by atoms with Crippen molar-refractivity contribution < 1.29 is 35.7 Å². The summed E-state index contributed by atoms with van der Waals surface area (Å²) in [4.78, 5) is 20.0. The minimum absolute atomic E-state index is 0.00556. The topological polar surface area (TPSA) is 81.2 Å². The van der Waals surface area contributed by atoms with E-state index in [1.807, 2.05) is 0 Å². The van der Waals surface area contributed by atoms with Gasteiger partial charge in [0, 0.05) is 18.1 Å². The van der Waals surface area contributed by atoms with Gasteiger partial charge >= 0.3 is 6.18 Å². The molecule has 174 valence electrons. The molecular weight excluding hydrogens is 469 g/mol. The molecule has 2 heterocycles. The Kier molecular flexibility index (Phi) is 6.77. The maximum absolute atomic E-state index is 13.8. The zero-order valence-electron chi connectivity index (χ0n) is 17.4. The molecule has 1 N–H and O–H groups in total. The number of ether oxygens (including phenoxy) is 1. The number of benzene rings is 1. The average molecular weight is 485 g/mol. The van der Waals surface area contributed by atoms with Gasteiger partial charge in [-0.25, -0.2) is 14.4 Å². The van der Waals surface area contributed by atoms with Crippen LogP contribution < -0.4 is 10.1 Å². The minimum Gasteiger partial charge on any atom is -0.436 e. The van der Waals surface area contributed by atoms with E-state index in [4.69, 9.17) is 4.74 Å². The highest BCUT2D eigenvalue weighted by molar-refractivity contribution is 7.84. The number of pyridine rings is 2. The van der Waals surface area contributed by atoms with Crippen molar-refractivity contribution >= 4 is 22.4 Å². The normalized spacial score (nSPS) is 12.4. The lowest BCUT2D eigenvalue weighted by atomic mass is 10.0. The Bertz CT molecular complexity index is 1260. The number of anilines is 1. The number of nitrogens with one attached hydrogen (secondary N) is 1. The number of carbonyl (C=O) groups excluding carboxylic acids is 1. The molecule has 0 fully saturated rings. The molecule has 2 aromatic heterocycles. The molecule has 3 rings (SSSR count). The highest BCUT2D eigenvalue weighted by atomic mass is 32.2. The summed E-state index contributed by atoms with van der Waals surface area (Å²) in [6.45, 7) is 2.47. The van der Waals surface area contributed by atoms with Crippen LogP contribution in [0.25, 0.3) is 0 Å². The van der Waals surface area contributed by atoms with Gasteiger partial charge in [0.25, 0.3) is 5.91 Å². The first-order chi connectivity index (χ1) is 15.4. The van der Waals surface area contributed by atoms with E-state index in [1.54, 1.807) is 0 Å². The number of amides is 1. The Balaban J connectivity index is 2.08. The minimum atomic E-state index is -4.81. The van der Waals surface area contributed by atoms with Crippen LogP contribution in [0.5, 0.6) is 11.6 Å². The molecule has 1 amide bonds. The smallest absolute Gasteiger partial charge is 0.418 e. The summed E-state index contributed by atoms with van der Waals surface area (Å²) in [5, 5.41) is 2.35. The molecule has 0 aliphatic carbocycles. The Hall–Kier alpha value is -3.41. The van der Waals surface area contributed by atoms with Crippen LogP contribution in [-0.2, 0) is 17.0 Å². The SMILES string of the molecule is Cc1nc(F)ccc1Oc1ncc(C(F)(F)F)c(C)c1C(=O)Nc1ccc(F)c(S(C)=O)c1. The first kappa shape index (κ1) is 24.2. The number of nitrogens with zero attached hydrogens (tertiary/aromatic N) is 2. The number of hydrogen-bond donors (Lipinski definition) is 1. The molecule has 1 aromatic carbocycles. The van der Waals surface area contributed by atoms with Crippen molar-refractivity contribution in [2.24, 2.45) is 0 Å². The quantitative estimate of drug-likeness (QED) is 0.398. The first-order valence-corrected chi connectivity index (χ1v) is 10.8. The van der Waals surface area contributed by atoms with E-state index in [9.17, 15) is 31.0 Å². The number of rotatable bonds is 5. The Morgan fingerprint density at radius 3 is 2.42 bits per heavy atom. The van der Waals surface area contributed by atoms with Gasteiger partial charge in [-0.15, -0.1) is 0 Å². The van der Waals surface area contributed by atoms with Gasteiger partial charge in [0.1, 0.15) is 11.4 Å². The van der Waals surface area contributed by atoms with Gasteiger partial charge in [0.2, 0.25) is 11.8 Å². The summed E-state index contributed by atoms with van der Waals surface area (Å²) in [5.74, 6) is -3.10. The second kappa shape index (κ2) is 9.22. The number of hydrogen-bond acceptors (Lipinski definition) is 5. The number of carbonyl (C=O) groups is 1. The summed E-state index contributed by atoms with van der Waals surface area (Å²) in [6, 6.07) is 5.40. The van der Waals surface area contributed by atoms with Crippen LogP contribution in [0, 0.1) is 25.6 Å². The number of aryl methyl sites for hydroxylation is 1. The zero-order chi connectivity index (χ0) is 24.5. The third-order valence-corrected chi connectivity index (χ3v) is 5.48. The lowest BCUT2D eigenvalue weighted by Gasteiger charge is -2.17. The fraction of sp³-hybridized carbons (Fsp3) is 0.190. The summed E-state index contributed by atoms with van der Waals surface area (Å²) >= 11 is 0. The predicted octanol–water partition coefficient (Wildman–Crippen LogP) is 5.17. The van der Waals surface area contributed by atoms with Crippen LogP contribution >= 0.6 is 0 Å². The third kappa shape index (κ3) is 5.33. The fourth-order valence-electron chi connectivity index (χ4n) is 2.93. The predicted molar refractivity (Wildman–Crippen MR) is 110 cm³/mol. The second-order valence-corrected chi connectivity index (χ2v) is 8.20. The van der Waals surface area contributed by atoms with Crippen molar-refractivity contribution in [1.29, 1.82) is 0 Å². The maximum Gasteiger partial charge on any atom is 0.418 e. The average Bonchev–Trinajstić information content (AvgIpc) is 2.70. The van der Waals surface area contributed by atoms with Gasteiger partial charge in [-0.05, 0) is 49.7 Å². The first-order valence-electron chi connectivity index (χ1n) is 9.20. The Morgan fingerprint density at radius 2 is 1.82 bits per heavy atom. The number of alkyl halides is 3. The molecule has 0 saturated heterocycles. The number of aromatic nitrogens is 2. The lowest BCUT2D eigenvalue weighted by Crippen LogP contribution is -2.19. The zero-order valence-corrected chi connectivity index (χ0v) is 18.2. The lowest BCUT2D eigenvalue weighted by molar-refractivity contribution is -0.138. The van der Waals surface area contributed by atoms with E-state index < -0.39 is 57.2 Å². The van der Waals surface area contributed by atoms with Gasteiger partial charge in [-0.3, -0.25) is 9.00 Å². The second-order valence-electron chi connectivity index (χ2n) is 6.85. The molecule has 0 spiro atoms. The van der Waals surface area contributed by atoms with Gasteiger partial charge in [0.15, 0.2) is 5.75 Å². The highest BCUT2D eigenvalue weighted by Crippen LogP contribution is 2.37. The fourth-order valence-corrected chi connectivity index (χ4v) is 3.57. The van der Waals surface area contributed by atoms with Crippen LogP contribution in [0.3, 0.4) is 0 Å². The third-order valence-electron chi connectivity index (χ3n) is 4.54. The maximum atomic E-state index is 13.8. The van der Waals surface area contributed by atoms with E-state index in [1.165, 1.54) is 19.2 Å². The standard InChI is InChI=1S/C21H16F5N3O3S/c1-10-13(21(24,25)26)9-27-20(32-15-6-7-17(23)28-11(15)2)18(10)19(30)29-12-4-5-14(22)16(8-12)33(3)31/h4-9H,1-3H3,(H,29,30). The van der Waals surface area contributed by atoms with Crippen molar-refractivity contribution in [2.75, 3.05) is 11.6 Å². The van der Waals surface area contributed by atoms with E-state index in [0.29, 0.717) is 6.20 Å². The van der Waals surface area contributed by atoms with E-state index in [2.05, 4.69) is 15.3 Å². The van der Waals surface area contributed by atoms with E-state index >= 15 is 0 Å². The van der Waals surface area contributed by atoms with Crippen LogP contribution in [0.1, 0.15) is 27.2 Å². The molecule has 0 bridgehead atoms. The van der Waals surface area contributed by atoms with Crippen molar-refractivity contribution in [1.82, 2.24) is 9.97 Å². The summed E-state index contributed by atoms with van der Waals surface area (Å²) < 4.78 is 84.6.